The maximum atomic E-state index is 5.96. The predicted octanol–water partition coefficient (Wildman–Crippen LogP) is 1.85. The molecule has 0 saturated heterocycles. The number of rotatable bonds is 4. The molecule has 2 N–H and O–H groups in total. The summed E-state index contributed by atoms with van der Waals surface area (Å²) in [7, 11) is 2.23. The first-order valence-electron chi connectivity index (χ1n) is 5.66. The van der Waals surface area contributed by atoms with Gasteiger partial charge in [-0.05, 0) is 45.2 Å². The molecule has 78 valence electrons. The first kappa shape index (κ1) is 11.0. The Morgan fingerprint density at radius 3 is 2.77 bits per heavy atom. The molecule has 1 aliphatic carbocycles. The largest absolute Gasteiger partial charge is 0.328 e. The molecule has 0 aromatic heterocycles. The van der Waals surface area contributed by atoms with Crippen molar-refractivity contribution in [3.8, 4) is 0 Å². The highest BCUT2D eigenvalue weighted by Crippen LogP contribution is 2.23. The Morgan fingerprint density at radius 1 is 1.38 bits per heavy atom. The fourth-order valence-corrected chi connectivity index (χ4v) is 2.41. The van der Waals surface area contributed by atoms with Crippen molar-refractivity contribution in [1.29, 1.82) is 0 Å². The number of hydrogen-bond donors (Lipinski definition) is 1. The van der Waals surface area contributed by atoms with Gasteiger partial charge in [0.05, 0.1) is 0 Å². The minimum Gasteiger partial charge on any atom is -0.328 e. The van der Waals surface area contributed by atoms with Crippen molar-refractivity contribution >= 4 is 0 Å². The van der Waals surface area contributed by atoms with Crippen molar-refractivity contribution in [2.75, 3.05) is 20.1 Å². The molecule has 0 amide bonds. The fraction of sp³-hybridized carbons (Fsp3) is 1.00. The second kappa shape index (κ2) is 5.61. The molecule has 13 heavy (non-hydrogen) atoms. The molecule has 0 aliphatic heterocycles. The van der Waals surface area contributed by atoms with Crippen molar-refractivity contribution in [3.63, 3.8) is 0 Å². The minimum absolute atomic E-state index is 0.480. The summed E-state index contributed by atoms with van der Waals surface area (Å²) >= 11 is 0. The van der Waals surface area contributed by atoms with E-state index < -0.39 is 0 Å². The molecule has 0 radical (unpaired) electrons. The second-order valence-corrected chi connectivity index (χ2v) is 4.55. The molecule has 1 fully saturated rings. The van der Waals surface area contributed by atoms with Crippen LogP contribution in [0, 0.1) is 5.92 Å². The third-order valence-electron chi connectivity index (χ3n) is 3.00. The molecule has 1 rings (SSSR count). The van der Waals surface area contributed by atoms with Crippen LogP contribution in [0.3, 0.4) is 0 Å². The van der Waals surface area contributed by atoms with Gasteiger partial charge in [-0.3, -0.25) is 0 Å². The van der Waals surface area contributed by atoms with E-state index in [0.717, 1.165) is 5.92 Å². The molecule has 0 bridgehead atoms. The average molecular weight is 184 g/mol. The van der Waals surface area contributed by atoms with Crippen LogP contribution in [0.25, 0.3) is 0 Å². The van der Waals surface area contributed by atoms with Crippen molar-refractivity contribution < 1.29 is 0 Å². The van der Waals surface area contributed by atoms with E-state index in [0.29, 0.717) is 6.04 Å². The standard InChI is InChI=1S/C11H24N2/c1-3-7-13(2)9-10-5-4-6-11(12)8-10/h10-11H,3-9,12H2,1-2H3. The predicted molar refractivity (Wildman–Crippen MR) is 57.7 cm³/mol. The Bertz CT molecular complexity index is 136. The first-order chi connectivity index (χ1) is 6.22. The van der Waals surface area contributed by atoms with Gasteiger partial charge in [0, 0.05) is 12.6 Å². The lowest BCUT2D eigenvalue weighted by Crippen LogP contribution is -2.34. The monoisotopic (exact) mass is 184 g/mol. The highest BCUT2D eigenvalue weighted by molar-refractivity contribution is 4.76. The normalized spacial score (nSPS) is 29.5. The minimum atomic E-state index is 0.480. The summed E-state index contributed by atoms with van der Waals surface area (Å²) in [4.78, 5) is 2.45. The molecule has 0 heterocycles. The van der Waals surface area contributed by atoms with Gasteiger partial charge in [-0.25, -0.2) is 0 Å². The summed E-state index contributed by atoms with van der Waals surface area (Å²) in [5.74, 6) is 0.861. The van der Waals surface area contributed by atoms with Crippen LogP contribution in [0.1, 0.15) is 39.0 Å². The van der Waals surface area contributed by atoms with Crippen LogP contribution in [0.4, 0.5) is 0 Å². The lowest BCUT2D eigenvalue weighted by molar-refractivity contribution is 0.222. The smallest absolute Gasteiger partial charge is 0.00419 e. The van der Waals surface area contributed by atoms with E-state index in [-0.39, 0.29) is 0 Å². The summed E-state index contributed by atoms with van der Waals surface area (Å²) in [6.45, 7) is 4.72. The quantitative estimate of drug-likeness (QED) is 0.722. The Labute approximate surface area is 82.5 Å². The topological polar surface area (TPSA) is 29.3 Å². The first-order valence-corrected chi connectivity index (χ1v) is 5.66. The van der Waals surface area contributed by atoms with E-state index in [1.165, 1.54) is 45.2 Å². The lowest BCUT2D eigenvalue weighted by atomic mass is 9.86. The number of nitrogens with two attached hydrogens (primary N) is 1. The summed E-state index contributed by atoms with van der Waals surface area (Å²) < 4.78 is 0. The maximum absolute atomic E-state index is 5.96. The Morgan fingerprint density at radius 2 is 2.15 bits per heavy atom. The van der Waals surface area contributed by atoms with E-state index >= 15 is 0 Å². The van der Waals surface area contributed by atoms with E-state index in [4.69, 9.17) is 5.73 Å². The molecular formula is C11H24N2. The molecular weight excluding hydrogens is 160 g/mol. The summed E-state index contributed by atoms with van der Waals surface area (Å²) in [6, 6.07) is 0.480. The van der Waals surface area contributed by atoms with Crippen LogP contribution in [-0.2, 0) is 0 Å². The van der Waals surface area contributed by atoms with E-state index in [1.54, 1.807) is 0 Å². The molecule has 0 aromatic carbocycles. The third kappa shape index (κ3) is 4.10. The molecule has 2 nitrogen and oxygen atoms in total. The molecule has 1 saturated carbocycles. The van der Waals surface area contributed by atoms with Gasteiger partial charge in [0.1, 0.15) is 0 Å². The van der Waals surface area contributed by atoms with Crippen LogP contribution in [0.5, 0.6) is 0 Å². The molecule has 0 spiro atoms. The van der Waals surface area contributed by atoms with Crippen molar-refractivity contribution in [2.45, 2.75) is 45.1 Å². The number of nitrogens with zero attached hydrogens (tertiary/aromatic N) is 1. The SMILES string of the molecule is CCCN(C)CC1CCCC(N)C1. The second-order valence-electron chi connectivity index (χ2n) is 4.55. The average Bonchev–Trinajstić information content (AvgIpc) is 2.04. The summed E-state index contributed by atoms with van der Waals surface area (Å²) in [5, 5.41) is 0. The van der Waals surface area contributed by atoms with Crippen LogP contribution < -0.4 is 5.73 Å². The number of hydrogen-bond acceptors (Lipinski definition) is 2. The zero-order valence-corrected chi connectivity index (χ0v) is 9.13. The van der Waals surface area contributed by atoms with Gasteiger partial charge in [0.25, 0.3) is 0 Å². The Hall–Kier alpha value is -0.0800. The van der Waals surface area contributed by atoms with Gasteiger partial charge in [0.2, 0.25) is 0 Å². The van der Waals surface area contributed by atoms with E-state index in [1.807, 2.05) is 0 Å². The fourth-order valence-electron chi connectivity index (χ4n) is 2.41. The third-order valence-corrected chi connectivity index (χ3v) is 3.00. The molecule has 2 heteroatoms. The highest BCUT2D eigenvalue weighted by Gasteiger charge is 2.19. The molecule has 2 unspecified atom stereocenters. The van der Waals surface area contributed by atoms with E-state index in [9.17, 15) is 0 Å². The molecule has 1 aliphatic rings. The van der Waals surface area contributed by atoms with Crippen LogP contribution in [0.2, 0.25) is 0 Å². The zero-order valence-electron chi connectivity index (χ0n) is 9.13. The van der Waals surface area contributed by atoms with Gasteiger partial charge in [-0.15, -0.1) is 0 Å². The Kier molecular flexibility index (Phi) is 4.74. The summed E-state index contributed by atoms with van der Waals surface area (Å²) in [5.41, 5.74) is 5.96. The lowest BCUT2D eigenvalue weighted by Gasteiger charge is -2.30. The van der Waals surface area contributed by atoms with Crippen molar-refractivity contribution in [3.05, 3.63) is 0 Å². The van der Waals surface area contributed by atoms with E-state index in [2.05, 4.69) is 18.9 Å². The van der Waals surface area contributed by atoms with Crippen LogP contribution in [0.15, 0.2) is 0 Å². The van der Waals surface area contributed by atoms with Gasteiger partial charge in [0.15, 0.2) is 0 Å². The van der Waals surface area contributed by atoms with Crippen LogP contribution in [-0.4, -0.2) is 31.1 Å². The Balaban J connectivity index is 2.19. The van der Waals surface area contributed by atoms with Crippen LogP contribution >= 0.6 is 0 Å². The van der Waals surface area contributed by atoms with Crippen molar-refractivity contribution in [2.24, 2.45) is 11.7 Å². The van der Waals surface area contributed by atoms with Gasteiger partial charge < -0.3 is 10.6 Å². The van der Waals surface area contributed by atoms with Gasteiger partial charge in [-0.2, -0.15) is 0 Å². The zero-order chi connectivity index (χ0) is 9.68. The summed E-state index contributed by atoms with van der Waals surface area (Å²) in [6.07, 6.45) is 6.48. The molecule has 2 atom stereocenters. The maximum Gasteiger partial charge on any atom is 0.00419 e. The van der Waals surface area contributed by atoms with Crippen molar-refractivity contribution in [1.82, 2.24) is 4.90 Å². The molecule has 0 aromatic rings. The van der Waals surface area contributed by atoms with Gasteiger partial charge >= 0.3 is 0 Å². The van der Waals surface area contributed by atoms with Gasteiger partial charge in [-0.1, -0.05) is 13.3 Å². The highest BCUT2D eigenvalue weighted by atomic mass is 15.1.